The largest absolute Gasteiger partial charge is 0.275 e. The van der Waals surface area contributed by atoms with Gasteiger partial charge in [-0.05, 0) is 26.7 Å². The highest BCUT2D eigenvalue weighted by atomic mass is 16.2. The van der Waals surface area contributed by atoms with Crippen molar-refractivity contribution in [3.63, 3.8) is 0 Å². The Morgan fingerprint density at radius 2 is 1.30 bits per heavy atom. The molecule has 6 nitrogen and oxygen atoms in total. The molecule has 6 heteroatoms. The summed E-state index contributed by atoms with van der Waals surface area (Å²) < 4.78 is 0. The first-order valence-corrected chi connectivity index (χ1v) is 6.43. The molecular weight excluding hydrogens is 260 g/mol. The first-order valence-electron chi connectivity index (χ1n) is 6.43. The lowest BCUT2D eigenvalue weighted by Crippen LogP contribution is -2.48. The molecule has 0 atom stereocenters. The number of carbonyl (C=O) groups excluding carboxylic acids is 4. The van der Waals surface area contributed by atoms with Crippen molar-refractivity contribution in [2.75, 3.05) is 6.54 Å². The maximum absolute atomic E-state index is 11.6. The normalized spacial score (nSPS) is 18.9. The van der Waals surface area contributed by atoms with Gasteiger partial charge in [0.1, 0.15) is 0 Å². The van der Waals surface area contributed by atoms with Crippen molar-refractivity contribution in [2.45, 2.75) is 32.2 Å². The van der Waals surface area contributed by atoms with Crippen molar-refractivity contribution >= 4 is 23.6 Å². The summed E-state index contributed by atoms with van der Waals surface area (Å²) in [4.78, 5) is 48.4. The highest BCUT2D eigenvalue weighted by Crippen LogP contribution is 2.24. The summed E-state index contributed by atoms with van der Waals surface area (Å²) in [6.45, 7) is 3.88. The maximum Gasteiger partial charge on any atom is 0.254 e. The highest BCUT2D eigenvalue weighted by molar-refractivity contribution is 6.13. The van der Waals surface area contributed by atoms with Crippen molar-refractivity contribution < 1.29 is 19.2 Å². The van der Waals surface area contributed by atoms with Gasteiger partial charge in [0.25, 0.3) is 23.6 Å². The van der Waals surface area contributed by atoms with Gasteiger partial charge in [-0.2, -0.15) is 0 Å². The van der Waals surface area contributed by atoms with Crippen LogP contribution in [0.5, 0.6) is 0 Å². The zero-order valence-electron chi connectivity index (χ0n) is 11.5. The van der Waals surface area contributed by atoms with Crippen LogP contribution in [0.15, 0.2) is 24.3 Å². The fourth-order valence-corrected chi connectivity index (χ4v) is 2.43. The molecule has 0 spiro atoms. The Kier molecular flexibility index (Phi) is 3.57. The Balaban J connectivity index is 1.90. The minimum Gasteiger partial charge on any atom is -0.275 e. The molecule has 4 amide bonds. The third kappa shape index (κ3) is 2.54. The molecule has 0 N–H and O–H groups in total. The quantitative estimate of drug-likeness (QED) is 0.681. The Morgan fingerprint density at radius 3 is 1.80 bits per heavy atom. The second-order valence-corrected chi connectivity index (χ2v) is 5.42. The van der Waals surface area contributed by atoms with Crippen molar-refractivity contribution in [2.24, 2.45) is 0 Å². The molecule has 0 saturated carbocycles. The Bertz CT molecular complexity index is 509. The molecule has 2 rings (SSSR count). The summed E-state index contributed by atoms with van der Waals surface area (Å²) in [5.41, 5.74) is -0.642. The molecule has 0 saturated heterocycles. The molecule has 0 aliphatic carbocycles. The molecule has 20 heavy (non-hydrogen) atoms. The second kappa shape index (κ2) is 5.03. The minimum atomic E-state index is -0.642. The topological polar surface area (TPSA) is 74.8 Å². The molecule has 2 heterocycles. The third-order valence-electron chi connectivity index (χ3n) is 3.49. The number of carbonyl (C=O) groups is 4. The van der Waals surface area contributed by atoms with Crippen molar-refractivity contribution in [1.82, 2.24) is 9.80 Å². The Hall–Kier alpha value is -2.24. The zero-order valence-corrected chi connectivity index (χ0v) is 11.5. The number of imide groups is 2. The summed E-state index contributed by atoms with van der Waals surface area (Å²) in [6, 6.07) is 0. The van der Waals surface area contributed by atoms with Gasteiger partial charge in [-0.15, -0.1) is 0 Å². The van der Waals surface area contributed by atoms with Gasteiger partial charge in [0.05, 0.1) is 0 Å². The molecule has 106 valence electrons. The van der Waals surface area contributed by atoms with E-state index in [0.717, 1.165) is 4.90 Å². The molecule has 0 unspecified atom stereocenters. The van der Waals surface area contributed by atoms with Gasteiger partial charge in [0.2, 0.25) is 0 Å². The van der Waals surface area contributed by atoms with Crippen LogP contribution < -0.4 is 0 Å². The maximum atomic E-state index is 11.6. The molecular formula is C14H16N2O4. The van der Waals surface area contributed by atoms with E-state index in [1.807, 2.05) is 0 Å². The van der Waals surface area contributed by atoms with Gasteiger partial charge in [-0.25, -0.2) is 0 Å². The minimum absolute atomic E-state index is 0.289. The molecule has 0 aromatic heterocycles. The predicted molar refractivity (Wildman–Crippen MR) is 70.2 cm³/mol. The van der Waals surface area contributed by atoms with Gasteiger partial charge in [-0.1, -0.05) is 0 Å². The van der Waals surface area contributed by atoms with Crippen LogP contribution in [0, 0.1) is 0 Å². The van der Waals surface area contributed by atoms with Crippen molar-refractivity contribution in [1.29, 1.82) is 0 Å². The fraction of sp³-hybridized carbons (Fsp3) is 0.429. The summed E-state index contributed by atoms with van der Waals surface area (Å²) in [6.07, 6.45) is 6.03. The molecule has 2 aliphatic rings. The first-order chi connectivity index (χ1) is 9.33. The predicted octanol–water partition coefficient (Wildman–Crippen LogP) is 0.395. The summed E-state index contributed by atoms with van der Waals surface area (Å²) in [7, 11) is 0. The van der Waals surface area contributed by atoms with E-state index in [1.165, 1.54) is 29.2 Å². The van der Waals surface area contributed by atoms with Crippen molar-refractivity contribution in [3.05, 3.63) is 24.3 Å². The lowest BCUT2D eigenvalue weighted by molar-refractivity contribution is -0.144. The van der Waals surface area contributed by atoms with Gasteiger partial charge in [0, 0.05) is 36.4 Å². The molecule has 0 aromatic rings. The van der Waals surface area contributed by atoms with Crippen LogP contribution in [0.25, 0.3) is 0 Å². The third-order valence-corrected chi connectivity index (χ3v) is 3.49. The number of nitrogens with zero attached hydrogens (tertiary/aromatic N) is 2. The molecule has 2 aliphatic heterocycles. The van der Waals surface area contributed by atoms with Crippen LogP contribution in [0.3, 0.4) is 0 Å². The molecule has 0 fully saturated rings. The summed E-state index contributed by atoms with van der Waals surface area (Å²) >= 11 is 0. The fourth-order valence-electron chi connectivity index (χ4n) is 2.43. The second-order valence-electron chi connectivity index (χ2n) is 5.42. The number of hydrogen-bond acceptors (Lipinski definition) is 4. The van der Waals surface area contributed by atoms with Gasteiger partial charge in [-0.3, -0.25) is 29.0 Å². The van der Waals surface area contributed by atoms with Crippen LogP contribution in [0.1, 0.15) is 26.7 Å². The van der Waals surface area contributed by atoms with E-state index in [4.69, 9.17) is 0 Å². The van der Waals surface area contributed by atoms with Gasteiger partial charge in [0.15, 0.2) is 0 Å². The molecule has 0 radical (unpaired) electrons. The standard InChI is InChI=1S/C14H16N2O4/c1-14(2,16-12(19)6-7-13(16)20)8-3-9-15-10(17)4-5-11(15)18/h4-7H,3,8-9H2,1-2H3. The van der Waals surface area contributed by atoms with Crippen LogP contribution in [-0.2, 0) is 19.2 Å². The number of hydrogen-bond donors (Lipinski definition) is 0. The van der Waals surface area contributed by atoms with Crippen LogP contribution in [0.4, 0.5) is 0 Å². The highest BCUT2D eigenvalue weighted by Gasteiger charge is 2.37. The Labute approximate surface area is 116 Å². The van der Waals surface area contributed by atoms with Gasteiger partial charge < -0.3 is 0 Å². The lowest BCUT2D eigenvalue weighted by atomic mass is 9.96. The van der Waals surface area contributed by atoms with E-state index in [9.17, 15) is 19.2 Å². The number of rotatable bonds is 5. The van der Waals surface area contributed by atoms with E-state index >= 15 is 0 Å². The van der Waals surface area contributed by atoms with E-state index in [1.54, 1.807) is 13.8 Å². The molecule has 0 aromatic carbocycles. The lowest BCUT2D eigenvalue weighted by Gasteiger charge is -2.34. The first kappa shape index (κ1) is 14.2. The Morgan fingerprint density at radius 1 is 0.850 bits per heavy atom. The summed E-state index contributed by atoms with van der Waals surface area (Å²) in [5, 5.41) is 0. The monoisotopic (exact) mass is 276 g/mol. The van der Waals surface area contributed by atoms with Gasteiger partial charge >= 0.3 is 0 Å². The van der Waals surface area contributed by atoms with Crippen LogP contribution in [0.2, 0.25) is 0 Å². The average molecular weight is 276 g/mol. The molecule has 0 bridgehead atoms. The van der Waals surface area contributed by atoms with E-state index in [0.29, 0.717) is 12.8 Å². The van der Waals surface area contributed by atoms with E-state index in [-0.39, 0.29) is 30.2 Å². The zero-order chi connectivity index (χ0) is 14.9. The number of amides is 4. The van der Waals surface area contributed by atoms with E-state index in [2.05, 4.69) is 0 Å². The smallest absolute Gasteiger partial charge is 0.254 e. The SMILES string of the molecule is CC(C)(CCCN1C(=O)C=CC1=O)N1C(=O)C=CC1=O. The average Bonchev–Trinajstić information content (AvgIpc) is 2.85. The van der Waals surface area contributed by atoms with Crippen LogP contribution in [-0.4, -0.2) is 45.5 Å². The van der Waals surface area contributed by atoms with Crippen LogP contribution >= 0.6 is 0 Å². The van der Waals surface area contributed by atoms with Crippen molar-refractivity contribution in [3.8, 4) is 0 Å². The van der Waals surface area contributed by atoms with E-state index < -0.39 is 5.54 Å². The summed E-state index contributed by atoms with van der Waals surface area (Å²) in [5.74, 6) is -1.28.